The van der Waals surface area contributed by atoms with Gasteiger partial charge in [0, 0.05) is 12.0 Å². The molecule has 1 aromatic carbocycles. The van der Waals surface area contributed by atoms with Crippen LogP contribution in [0, 0.1) is 6.92 Å². The highest BCUT2D eigenvalue weighted by Gasteiger charge is 2.20. The van der Waals surface area contributed by atoms with Gasteiger partial charge in [0.15, 0.2) is 0 Å². The Kier molecular flexibility index (Phi) is 6.63. The molecule has 0 amide bonds. The van der Waals surface area contributed by atoms with Gasteiger partial charge in [-0.3, -0.25) is 4.79 Å². The summed E-state index contributed by atoms with van der Waals surface area (Å²) in [5.74, 6) is -1.16. The number of hydrogen-bond donors (Lipinski definition) is 2. The molecule has 0 aliphatic carbocycles. The summed E-state index contributed by atoms with van der Waals surface area (Å²) in [7, 11) is 2.74. The second-order valence-electron chi connectivity index (χ2n) is 5.24. The number of carbonyl (C=O) groups excluding carboxylic acids is 1. The average molecular weight is 322 g/mol. The number of carboxylic acid groups (broad SMARTS) is 1. The number of aryl methyl sites for hydroxylation is 1. The van der Waals surface area contributed by atoms with E-state index in [9.17, 15) is 14.7 Å². The molecule has 126 valence electrons. The first-order valence-electron chi connectivity index (χ1n) is 7.17. The van der Waals surface area contributed by atoms with Gasteiger partial charge in [-0.2, -0.15) is 0 Å². The van der Waals surface area contributed by atoms with Crippen LogP contribution in [0.3, 0.4) is 0 Å². The monoisotopic (exact) mass is 322 g/mol. The molecule has 6 nitrogen and oxygen atoms in total. The van der Waals surface area contributed by atoms with Crippen molar-refractivity contribution in [2.24, 2.45) is 0 Å². The molecule has 0 aliphatic rings. The lowest BCUT2D eigenvalue weighted by atomic mass is 9.99. The third kappa shape index (κ3) is 4.74. The van der Waals surface area contributed by atoms with Gasteiger partial charge in [-0.25, -0.2) is 4.79 Å². The fourth-order valence-electron chi connectivity index (χ4n) is 2.28. The van der Waals surface area contributed by atoms with Gasteiger partial charge in [-0.1, -0.05) is 11.6 Å². The lowest BCUT2D eigenvalue weighted by molar-refractivity contribution is -0.136. The zero-order chi connectivity index (χ0) is 17.6. The average Bonchev–Trinajstić information content (AvgIpc) is 2.52. The summed E-state index contributed by atoms with van der Waals surface area (Å²) in [6, 6.07) is 1.52. The Hall–Kier alpha value is -2.50. The molecule has 0 aliphatic heterocycles. The van der Waals surface area contributed by atoms with Gasteiger partial charge in [-0.05, 0) is 38.3 Å². The number of carbonyl (C=O) groups is 2. The molecule has 0 radical (unpaired) electrons. The number of allylic oxidation sites excluding steroid dienone is 2. The maximum absolute atomic E-state index is 11.8. The van der Waals surface area contributed by atoms with Crippen LogP contribution < -0.4 is 4.74 Å². The fourth-order valence-corrected chi connectivity index (χ4v) is 2.28. The smallest absolute Gasteiger partial charge is 0.341 e. The minimum Gasteiger partial charge on any atom is -0.507 e. The summed E-state index contributed by atoms with van der Waals surface area (Å²) in [5, 5.41) is 19.0. The van der Waals surface area contributed by atoms with Crippen LogP contribution in [0.25, 0.3) is 0 Å². The van der Waals surface area contributed by atoms with Crippen LogP contribution in [0.2, 0.25) is 0 Å². The number of carboxylic acids is 1. The molecule has 23 heavy (non-hydrogen) atoms. The molecular weight excluding hydrogens is 300 g/mol. The standard InChI is InChI=1S/C17H22O6/c1-10(6-8-14(18)19)5-7-12-15(20)13(17(21)23-4)9-11(2)16(12)22-3/h5,9,20H,6-8H2,1-4H3,(H,18,19)/b10-5+. The summed E-state index contributed by atoms with van der Waals surface area (Å²) in [6.07, 6.45) is 2.62. The van der Waals surface area contributed by atoms with Gasteiger partial charge in [-0.15, -0.1) is 0 Å². The van der Waals surface area contributed by atoms with Crippen LogP contribution in [0.4, 0.5) is 0 Å². The predicted molar refractivity (Wildman–Crippen MR) is 85.1 cm³/mol. The summed E-state index contributed by atoms with van der Waals surface area (Å²) < 4.78 is 9.99. The van der Waals surface area contributed by atoms with Gasteiger partial charge >= 0.3 is 11.9 Å². The molecule has 1 aromatic rings. The summed E-state index contributed by atoms with van der Waals surface area (Å²) in [4.78, 5) is 22.3. The first-order chi connectivity index (χ1) is 10.8. The van der Waals surface area contributed by atoms with Crippen molar-refractivity contribution in [3.8, 4) is 11.5 Å². The summed E-state index contributed by atoms with van der Waals surface area (Å²) >= 11 is 0. The lowest BCUT2D eigenvalue weighted by Gasteiger charge is -2.15. The van der Waals surface area contributed by atoms with E-state index in [1.54, 1.807) is 6.92 Å². The Morgan fingerprint density at radius 2 is 1.91 bits per heavy atom. The second kappa shape index (κ2) is 8.22. The molecule has 0 saturated heterocycles. The van der Waals surface area contributed by atoms with Crippen LogP contribution >= 0.6 is 0 Å². The molecule has 0 atom stereocenters. The maximum Gasteiger partial charge on any atom is 0.341 e. The van der Waals surface area contributed by atoms with E-state index in [1.807, 2.05) is 13.0 Å². The van der Waals surface area contributed by atoms with Crippen molar-refractivity contribution < 1.29 is 29.3 Å². The number of phenols is 1. The molecule has 1 rings (SSSR count). The van der Waals surface area contributed by atoms with Gasteiger partial charge < -0.3 is 19.7 Å². The topological polar surface area (TPSA) is 93.1 Å². The quantitative estimate of drug-likeness (QED) is 0.592. The molecule has 0 saturated carbocycles. The number of benzene rings is 1. The number of rotatable bonds is 7. The van der Waals surface area contributed by atoms with E-state index in [2.05, 4.69) is 4.74 Å². The first-order valence-corrected chi connectivity index (χ1v) is 7.17. The fraction of sp³-hybridized carbons (Fsp3) is 0.412. The largest absolute Gasteiger partial charge is 0.507 e. The molecule has 0 aromatic heterocycles. The minimum atomic E-state index is -0.860. The lowest BCUT2D eigenvalue weighted by Crippen LogP contribution is -2.06. The summed E-state index contributed by atoms with van der Waals surface area (Å²) in [6.45, 7) is 3.60. The highest BCUT2D eigenvalue weighted by molar-refractivity contribution is 5.93. The van der Waals surface area contributed by atoms with Crippen LogP contribution in [0.1, 0.15) is 41.3 Å². The minimum absolute atomic E-state index is 0.0483. The number of aliphatic carboxylic acids is 1. The van der Waals surface area contributed by atoms with Crippen molar-refractivity contribution in [1.29, 1.82) is 0 Å². The van der Waals surface area contributed by atoms with Crippen LogP contribution in [-0.4, -0.2) is 36.4 Å². The number of ether oxygens (including phenoxy) is 2. The van der Waals surface area contributed by atoms with E-state index >= 15 is 0 Å². The first kappa shape index (κ1) is 18.5. The number of esters is 1. The van der Waals surface area contributed by atoms with Crippen molar-refractivity contribution in [3.63, 3.8) is 0 Å². The zero-order valence-corrected chi connectivity index (χ0v) is 13.8. The van der Waals surface area contributed by atoms with Gasteiger partial charge in [0.25, 0.3) is 0 Å². The number of hydrogen-bond acceptors (Lipinski definition) is 5. The van der Waals surface area contributed by atoms with Crippen molar-refractivity contribution in [3.05, 3.63) is 34.4 Å². The zero-order valence-electron chi connectivity index (χ0n) is 13.8. The highest BCUT2D eigenvalue weighted by Crippen LogP contribution is 2.36. The van der Waals surface area contributed by atoms with E-state index in [0.717, 1.165) is 5.57 Å². The number of methoxy groups -OCH3 is 2. The Balaban J connectivity index is 3.17. The Labute approximate surface area is 135 Å². The molecule has 2 N–H and O–H groups in total. The molecule has 0 spiro atoms. The number of phenolic OH excluding ortho intramolecular Hbond substituents is 1. The maximum atomic E-state index is 11.8. The second-order valence-corrected chi connectivity index (χ2v) is 5.24. The molecule has 6 heteroatoms. The Bertz CT molecular complexity index is 630. The van der Waals surface area contributed by atoms with Crippen LogP contribution in [-0.2, 0) is 16.0 Å². The molecule has 0 bridgehead atoms. The Morgan fingerprint density at radius 1 is 1.26 bits per heavy atom. The van der Waals surface area contributed by atoms with Crippen molar-refractivity contribution in [2.45, 2.75) is 33.1 Å². The molecule has 0 unspecified atom stereocenters. The molecule has 0 fully saturated rings. The molecular formula is C17H22O6. The number of aromatic hydroxyl groups is 1. The van der Waals surface area contributed by atoms with E-state index < -0.39 is 11.9 Å². The predicted octanol–water partition coefficient (Wildman–Crippen LogP) is 2.85. The van der Waals surface area contributed by atoms with Gasteiger partial charge in [0.05, 0.1) is 14.2 Å². The van der Waals surface area contributed by atoms with Crippen LogP contribution in [0.15, 0.2) is 17.7 Å². The van der Waals surface area contributed by atoms with Crippen molar-refractivity contribution in [1.82, 2.24) is 0 Å². The highest BCUT2D eigenvalue weighted by atomic mass is 16.5. The van der Waals surface area contributed by atoms with Gasteiger partial charge in [0.2, 0.25) is 0 Å². The Morgan fingerprint density at radius 3 is 2.43 bits per heavy atom. The SMILES string of the molecule is COC(=O)c1cc(C)c(OC)c(C/C=C(\C)CCC(=O)O)c1O. The third-order valence-electron chi connectivity index (χ3n) is 3.53. The molecule has 0 heterocycles. The normalized spacial score (nSPS) is 11.2. The van der Waals surface area contributed by atoms with E-state index in [0.29, 0.717) is 29.7 Å². The van der Waals surface area contributed by atoms with Crippen LogP contribution in [0.5, 0.6) is 11.5 Å². The third-order valence-corrected chi connectivity index (χ3v) is 3.53. The van der Waals surface area contributed by atoms with Crippen molar-refractivity contribution >= 4 is 11.9 Å². The summed E-state index contributed by atoms with van der Waals surface area (Å²) in [5.41, 5.74) is 2.15. The van der Waals surface area contributed by atoms with E-state index in [1.165, 1.54) is 20.3 Å². The van der Waals surface area contributed by atoms with Gasteiger partial charge in [0.1, 0.15) is 17.1 Å². The van der Waals surface area contributed by atoms with E-state index in [-0.39, 0.29) is 17.7 Å². The van der Waals surface area contributed by atoms with Crippen molar-refractivity contribution in [2.75, 3.05) is 14.2 Å². The van der Waals surface area contributed by atoms with E-state index in [4.69, 9.17) is 9.84 Å².